The summed E-state index contributed by atoms with van der Waals surface area (Å²) in [6, 6.07) is 0. The Hall–Kier alpha value is 0.0200. The average Bonchev–Trinajstić information content (AvgIpc) is 2.66. The average molecular weight is 156 g/mol. The topological polar surface area (TPSA) is 17.1 Å². The van der Waals surface area contributed by atoms with Crippen LogP contribution in [0.1, 0.15) is 19.3 Å². The fourth-order valence-corrected chi connectivity index (χ4v) is 3.65. The van der Waals surface area contributed by atoms with Gasteiger partial charge in [-0.1, -0.05) is 0 Å². The molecule has 0 aromatic rings. The lowest BCUT2D eigenvalue weighted by Gasteiger charge is -2.05. The summed E-state index contributed by atoms with van der Waals surface area (Å²) in [5.41, 5.74) is 0. The van der Waals surface area contributed by atoms with Gasteiger partial charge in [0.25, 0.3) is 0 Å². The van der Waals surface area contributed by atoms with Crippen molar-refractivity contribution in [2.45, 2.75) is 24.5 Å². The fraction of sp³-hybridized carbons (Fsp3) is 0.875. The maximum absolute atomic E-state index is 10.2. The van der Waals surface area contributed by atoms with Gasteiger partial charge in [0.2, 0.25) is 0 Å². The molecule has 2 rings (SSSR count). The van der Waals surface area contributed by atoms with E-state index in [1.165, 1.54) is 18.6 Å². The third kappa shape index (κ3) is 0.986. The molecule has 56 valence electrons. The van der Waals surface area contributed by atoms with Gasteiger partial charge in [0.1, 0.15) is 6.29 Å². The van der Waals surface area contributed by atoms with Crippen LogP contribution in [0.25, 0.3) is 0 Å². The normalized spacial score (nSPS) is 44.2. The molecule has 2 heteroatoms. The SMILES string of the molecule is O=CCC1[C@H]2CCCS[C@@H]12. The van der Waals surface area contributed by atoms with Gasteiger partial charge >= 0.3 is 0 Å². The largest absolute Gasteiger partial charge is 0.303 e. The molecule has 1 saturated carbocycles. The predicted molar refractivity (Wildman–Crippen MR) is 43.1 cm³/mol. The van der Waals surface area contributed by atoms with Crippen molar-refractivity contribution in [2.24, 2.45) is 11.8 Å². The molecule has 1 unspecified atom stereocenters. The van der Waals surface area contributed by atoms with Crippen molar-refractivity contribution >= 4 is 18.0 Å². The quantitative estimate of drug-likeness (QED) is 0.566. The number of hydrogen-bond donors (Lipinski definition) is 0. The van der Waals surface area contributed by atoms with E-state index >= 15 is 0 Å². The van der Waals surface area contributed by atoms with Gasteiger partial charge in [0.05, 0.1) is 0 Å². The van der Waals surface area contributed by atoms with Crippen molar-refractivity contribution in [3.8, 4) is 0 Å². The molecule has 0 aromatic heterocycles. The molecule has 1 saturated heterocycles. The molecule has 1 heterocycles. The highest BCUT2D eigenvalue weighted by Crippen LogP contribution is 2.55. The van der Waals surface area contributed by atoms with Crippen molar-refractivity contribution in [3.05, 3.63) is 0 Å². The standard InChI is InChI=1S/C8H12OS/c9-4-3-7-6-2-1-5-10-8(6)7/h4,6-8H,1-3,5H2/t6-,7?,8-/m1/s1. The van der Waals surface area contributed by atoms with Gasteiger partial charge in [0.15, 0.2) is 0 Å². The van der Waals surface area contributed by atoms with E-state index in [4.69, 9.17) is 0 Å². The molecule has 1 aliphatic heterocycles. The first-order valence-corrected chi connectivity index (χ1v) is 5.03. The fourth-order valence-electron chi connectivity index (χ4n) is 1.99. The molecule has 0 amide bonds. The summed E-state index contributed by atoms with van der Waals surface area (Å²) in [5, 5.41) is 0.874. The lowest BCUT2D eigenvalue weighted by Crippen LogP contribution is -1.94. The summed E-state index contributed by atoms with van der Waals surface area (Å²) in [7, 11) is 0. The molecular weight excluding hydrogens is 144 g/mol. The van der Waals surface area contributed by atoms with Gasteiger partial charge in [-0.2, -0.15) is 11.8 Å². The van der Waals surface area contributed by atoms with Crippen LogP contribution < -0.4 is 0 Å². The second kappa shape index (κ2) is 2.57. The van der Waals surface area contributed by atoms with Crippen LogP contribution in [0.3, 0.4) is 0 Å². The van der Waals surface area contributed by atoms with Gasteiger partial charge in [0, 0.05) is 11.7 Å². The summed E-state index contributed by atoms with van der Waals surface area (Å²) in [4.78, 5) is 10.2. The number of rotatable bonds is 2. The third-order valence-corrected chi connectivity index (χ3v) is 4.22. The zero-order valence-corrected chi connectivity index (χ0v) is 6.77. The highest BCUT2D eigenvalue weighted by molar-refractivity contribution is 8.00. The number of fused-ring (bicyclic) bond motifs is 1. The summed E-state index contributed by atoms with van der Waals surface area (Å²) >= 11 is 2.08. The summed E-state index contributed by atoms with van der Waals surface area (Å²) < 4.78 is 0. The Kier molecular flexibility index (Phi) is 1.73. The van der Waals surface area contributed by atoms with Gasteiger partial charge in [-0.15, -0.1) is 0 Å². The van der Waals surface area contributed by atoms with Crippen LogP contribution in [0.15, 0.2) is 0 Å². The minimum absolute atomic E-state index is 0.769. The Labute approximate surface area is 65.6 Å². The molecule has 0 spiro atoms. The third-order valence-electron chi connectivity index (χ3n) is 2.61. The lowest BCUT2D eigenvalue weighted by molar-refractivity contribution is -0.108. The van der Waals surface area contributed by atoms with Crippen LogP contribution in [0, 0.1) is 11.8 Å². The molecule has 1 nitrogen and oxygen atoms in total. The van der Waals surface area contributed by atoms with Crippen molar-refractivity contribution < 1.29 is 4.79 Å². The van der Waals surface area contributed by atoms with Gasteiger partial charge in [-0.25, -0.2) is 0 Å². The zero-order chi connectivity index (χ0) is 6.97. The zero-order valence-electron chi connectivity index (χ0n) is 5.95. The first-order chi connectivity index (χ1) is 4.93. The number of carbonyl (C=O) groups is 1. The van der Waals surface area contributed by atoms with Crippen LogP contribution in [0.4, 0.5) is 0 Å². The van der Waals surface area contributed by atoms with E-state index in [0.29, 0.717) is 0 Å². The molecule has 0 N–H and O–H groups in total. The molecule has 10 heavy (non-hydrogen) atoms. The van der Waals surface area contributed by atoms with E-state index in [0.717, 1.165) is 29.8 Å². The second-order valence-electron chi connectivity index (χ2n) is 3.21. The highest BCUT2D eigenvalue weighted by atomic mass is 32.2. The molecule has 0 bridgehead atoms. The number of hydrogen-bond acceptors (Lipinski definition) is 2. The molecule has 2 fully saturated rings. The minimum Gasteiger partial charge on any atom is -0.303 e. The van der Waals surface area contributed by atoms with E-state index in [9.17, 15) is 4.79 Å². The predicted octanol–water partition coefficient (Wildman–Crippen LogP) is 1.72. The van der Waals surface area contributed by atoms with Crippen molar-refractivity contribution in [1.29, 1.82) is 0 Å². The first kappa shape index (κ1) is 6.71. The molecule has 0 aromatic carbocycles. The Bertz CT molecular complexity index is 134. The van der Waals surface area contributed by atoms with Gasteiger partial charge in [-0.05, 0) is 30.4 Å². The monoisotopic (exact) mass is 156 g/mol. The molecule has 1 aliphatic carbocycles. The van der Waals surface area contributed by atoms with Gasteiger partial charge < -0.3 is 4.79 Å². The number of aldehydes is 1. The maximum atomic E-state index is 10.2. The van der Waals surface area contributed by atoms with Crippen LogP contribution in [0.2, 0.25) is 0 Å². The van der Waals surface area contributed by atoms with Gasteiger partial charge in [-0.3, -0.25) is 0 Å². The number of carbonyl (C=O) groups excluding carboxylic acids is 1. The summed E-state index contributed by atoms with van der Waals surface area (Å²) in [6.07, 6.45) is 4.67. The van der Waals surface area contributed by atoms with Crippen molar-refractivity contribution in [1.82, 2.24) is 0 Å². The van der Waals surface area contributed by atoms with Crippen LogP contribution in [-0.2, 0) is 4.79 Å². The molecule has 3 atom stereocenters. The highest BCUT2D eigenvalue weighted by Gasteiger charge is 2.50. The van der Waals surface area contributed by atoms with Crippen molar-refractivity contribution in [3.63, 3.8) is 0 Å². The lowest BCUT2D eigenvalue weighted by atomic mass is 10.2. The summed E-state index contributed by atoms with van der Waals surface area (Å²) in [6.45, 7) is 0. The smallest absolute Gasteiger partial charge is 0.120 e. The van der Waals surface area contributed by atoms with E-state index in [2.05, 4.69) is 11.8 Å². The molecule has 0 radical (unpaired) electrons. The Morgan fingerprint density at radius 1 is 1.60 bits per heavy atom. The van der Waals surface area contributed by atoms with Crippen LogP contribution in [-0.4, -0.2) is 17.3 Å². The maximum Gasteiger partial charge on any atom is 0.120 e. The van der Waals surface area contributed by atoms with Crippen molar-refractivity contribution in [2.75, 3.05) is 5.75 Å². The molecular formula is C8H12OS. The van der Waals surface area contributed by atoms with E-state index in [1.54, 1.807) is 0 Å². The Balaban J connectivity index is 1.87. The minimum atomic E-state index is 0.769. The first-order valence-electron chi connectivity index (χ1n) is 3.98. The second-order valence-corrected chi connectivity index (χ2v) is 4.49. The summed E-state index contributed by atoms with van der Waals surface area (Å²) in [5.74, 6) is 3.02. The van der Waals surface area contributed by atoms with Crippen LogP contribution >= 0.6 is 11.8 Å². The van der Waals surface area contributed by atoms with E-state index < -0.39 is 0 Å². The van der Waals surface area contributed by atoms with E-state index in [1.807, 2.05) is 0 Å². The Morgan fingerprint density at radius 3 is 3.10 bits per heavy atom. The van der Waals surface area contributed by atoms with Crippen LogP contribution in [0.5, 0.6) is 0 Å². The number of thioether (sulfide) groups is 1. The van der Waals surface area contributed by atoms with E-state index in [-0.39, 0.29) is 0 Å². The Morgan fingerprint density at radius 2 is 2.50 bits per heavy atom. The molecule has 2 aliphatic rings.